The molecule has 5 heteroatoms. The number of methoxy groups -OCH3 is 1. The SMILES string of the molecule is COc1cc(CNCCCC(=O)NC2CC2)ccc1O. The summed E-state index contributed by atoms with van der Waals surface area (Å²) in [6, 6.07) is 5.73. The zero-order chi connectivity index (χ0) is 14.4. The Kier molecular flexibility index (Phi) is 5.24. The zero-order valence-electron chi connectivity index (χ0n) is 11.8. The van der Waals surface area contributed by atoms with Gasteiger partial charge in [-0.05, 0) is 43.5 Å². The molecule has 0 spiro atoms. The molecular formula is C15H22N2O3. The van der Waals surface area contributed by atoms with Gasteiger partial charge in [-0.1, -0.05) is 6.07 Å². The molecule has 3 N–H and O–H groups in total. The average molecular weight is 278 g/mol. The number of phenolic OH excluding ortho intramolecular Hbond substituents is 1. The number of nitrogens with one attached hydrogen (secondary N) is 2. The van der Waals surface area contributed by atoms with Gasteiger partial charge in [-0.3, -0.25) is 4.79 Å². The topological polar surface area (TPSA) is 70.6 Å². The predicted molar refractivity (Wildman–Crippen MR) is 76.8 cm³/mol. The van der Waals surface area contributed by atoms with E-state index < -0.39 is 0 Å². The van der Waals surface area contributed by atoms with Gasteiger partial charge in [0.25, 0.3) is 0 Å². The van der Waals surface area contributed by atoms with Gasteiger partial charge in [0.15, 0.2) is 11.5 Å². The van der Waals surface area contributed by atoms with Crippen molar-refractivity contribution in [3.05, 3.63) is 23.8 Å². The minimum Gasteiger partial charge on any atom is -0.504 e. The van der Waals surface area contributed by atoms with Crippen molar-refractivity contribution in [1.82, 2.24) is 10.6 Å². The van der Waals surface area contributed by atoms with Gasteiger partial charge in [-0.15, -0.1) is 0 Å². The van der Waals surface area contributed by atoms with Crippen molar-refractivity contribution in [1.29, 1.82) is 0 Å². The summed E-state index contributed by atoms with van der Waals surface area (Å²) in [5, 5.41) is 15.7. The van der Waals surface area contributed by atoms with E-state index in [9.17, 15) is 9.90 Å². The van der Waals surface area contributed by atoms with E-state index in [0.29, 0.717) is 24.8 Å². The molecule has 0 aliphatic heterocycles. The van der Waals surface area contributed by atoms with Gasteiger partial charge in [0.2, 0.25) is 5.91 Å². The second-order valence-corrected chi connectivity index (χ2v) is 5.13. The number of ether oxygens (including phenoxy) is 1. The van der Waals surface area contributed by atoms with Crippen LogP contribution in [-0.4, -0.2) is 30.7 Å². The van der Waals surface area contributed by atoms with Crippen LogP contribution in [0, 0.1) is 0 Å². The molecule has 0 unspecified atom stereocenters. The molecule has 0 bridgehead atoms. The molecule has 5 nitrogen and oxygen atoms in total. The van der Waals surface area contributed by atoms with Crippen LogP contribution in [0.3, 0.4) is 0 Å². The molecular weight excluding hydrogens is 256 g/mol. The van der Waals surface area contributed by atoms with Crippen LogP contribution in [0.15, 0.2) is 18.2 Å². The van der Waals surface area contributed by atoms with E-state index in [0.717, 1.165) is 31.4 Å². The predicted octanol–water partition coefficient (Wildman–Crippen LogP) is 1.55. The molecule has 0 aromatic heterocycles. The van der Waals surface area contributed by atoms with Gasteiger partial charge in [-0.25, -0.2) is 0 Å². The Labute approximate surface area is 119 Å². The highest BCUT2D eigenvalue weighted by Gasteiger charge is 2.22. The smallest absolute Gasteiger partial charge is 0.220 e. The summed E-state index contributed by atoms with van der Waals surface area (Å²) in [5.74, 6) is 0.779. The fraction of sp³-hybridized carbons (Fsp3) is 0.533. The number of carbonyl (C=O) groups is 1. The van der Waals surface area contributed by atoms with Crippen molar-refractivity contribution >= 4 is 5.91 Å². The van der Waals surface area contributed by atoms with Crippen LogP contribution in [0.1, 0.15) is 31.2 Å². The van der Waals surface area contributed by atoms with Gasteiger partial charge in [0, 0.05) is 19.0 Å². The van der Waals surface area contributed by atoms with E-state index in [2.05, 4.69) is 10.6 Å². The third-order valence-electron chi connectivity index (χ3n) is 3.27. The Balaban J connectivity index is 1.61. The molecule has 110 valence electrons. The lowest BCUT2D eigenvalue weighted by Gasteiger charge is -2.08. The maximum absolute atomic E-state index is 11.5. The molecule has 20 heavy (non-hydrogen) atoms. The van der Waals surface area contributed by atoms with Crippen molar-refractivity contribution in [2.45, 2.75) is 38.3 Å². The Bertz CT molecular complexity index is 458. The van der Waals surface area contributed by atoms with Gasteiger partial charge < -0.3 is 20.5 Å². The number of carbonyl (C=O) groups excluding carboxylic acids is 1. The molecule has 0 radical (unpaired) electrons. The Morgan fingerprint density at radius 3 is 2.95 bits per heavy atom. The fourth-order valence-electron chi connectivity index (χ4n) is 1.97. The molecule has 0 saturated heterocycles. The molecule has 1 aromatic rings. The molecule has 1 aliphatic rings. The third kappa shape index (κ3) is 4.74. The molecule has 0 atom stereocenters. The number of aromatic hydroxyl groups is 1. The molecule has 0 heterocycles. The maximum atomic E-state index is 11.5. The second kappa shape index (κ2) is 7.14. The first-order valence-corrected chi connectivity index (χ1v) is 7.05. The van der Waals surface area contributed by atoms with Crippen LogP contribution < -0.4 is 15.4 Å². The summed E-state index contributed by atoms with van der Waals surface area (Å²) in [5.41, 5.74) is 1.04. The highest BCUT2D eigenvalue weighted by molar-refractivity contribution is 5.76. The van der Waals surface area contributed by atoms with E-state index in [1.807, 2.05) is 12.1 Å². The first kappa shape index (κ1) is 14.7. The van der Waals surface area contributed by atoms with Crippen molar-refractivity contribution in [3.63, 3.8) is 0 Å². The summed E-state index contributed by atoms with van der Waals surface area (Å²) in [6.07, 6.45) is 3.66. The minimum atomic E-state index is 0.146. The first-order valence-electron chi connectivity index (χ1n) is 7.05. The summed E-state index contributed by atoms with van der Waals surface area (Å²) < 4.78 is 5.06. The van der Waals surface area contributed by atoms with E-state index in [1.165, 1.54) is 7.11 Å². The lowest BCUT2D eigenvalue weighted by atomic mass is 10.2. The van der Waals surface area contributed by atoms with Crippen LogP contribution in [0.25, 0.3) is 0 Å². The molecule has 1 fully saturated rings. The van der Waals surface area contributed by atoms with Crippen molar-refractivity contribution < 1.29 is 14.6 Å². The number of phenols is 1. The second-order valence-electron chi connectivity index (χ2n) is 5.13. The molecule has 1 saturated carbocycles. The lowest BCUT2D eigenvalue weighted by molar-refractivity contribution is -0.121. The normalized spacial score (nSPS) is 14.1. The summed E-state index contributed by atoms with van der Waals surface area (Å²) in [4.78, 5) is 11.5. The Hall–Kier alpha value is -1.75. The fourth-order valence-corrected chi connectivity index (χ4v) is 1.97. The number of hydrogen-bond donors (Lipinski definition) is 3. The van der Waals surface area contributed by atoms with E-state index in [-0.39, 0.29) is 11.7 Å². The number of amides is 1. The minimum absolute atomic E-state index is 0.146. The molecule has 1 aromatic carbocycles. The summed E-state index contributed by atoms with van der Waals surface area (Å²) in [7, 11) is 1.53. The van der Waals surface area contributed by atoms with Crippen molar-refractivity contribution in [2.24, 2.45) is 0 Å². The van der Waals surface area contributed by atoms with Crippen LogP contribution in [0.4, 0.5) is 0 Å². The lowest BCUT2D eigenvalue weighted by Crippen LogP contribution is -2.26. The highest BCUT2D eigenvalue weighted by Crippen LogP contribution is 2.26. The number of rotatable bonds is 8. The maximum Gasteiger partial charge on any atom is 0.220 e. The number of benzene rings is 1. The highest BCUT2D eigenvalue weighted by atomic mass is 16.5. The Morgan fingerprint density at radius 2 is 2.25 bits per heavy atom. The first-order chi connectivity index (χ1) is 9.69. The quantitative estimate of drug-likeness (QED) is 0.631. The van der Waals surface area contributed by atoms with Crippen LogP contribution in [0.2, 0.25) is 0 Å². The largest absolute Gasteiger partial charge is 0.504 e. The average Bonchev–Trinajstić information content (AvgIpc) is 3.24. The van der Waals surface area contributed by atoms with Gasteiger partial charge >= 0.3 is 0 Å². The summed E-state index contributed by atoms with van der Waals surface area (Å²) in [6.45, 7) is 1.49. The van der Waals surface area contributed by atoms with E-state index in [1.54, 1.807) is 6.07 Å². The third-order valence-corrected chi connectivity index (χ3v) is 3.27. The molecule has 2 rings (SSSR count). The van der Waals surface area contributed by atoms with E-state index in [4.69, 9.17) is 4.74 Å². The van der Waals surface area contributed by atoms with Crippen molar-refractivity contribution in [2.75, 3.05) is 13.7 Å². The van der Waals surface area contributed by atoms with Gasteiger partial charge in [0.1, 0.15) is 0 Å². The standard InChI is InChI=1S/C15H22N2O3/c1-20-14-9-11(4-7-13(14)18)10-16-8-2-3-15(19)17-12-5-6-12/h4,7,9,12,16,18H,2-3,5-6,8,10H2,1H3,(H,17,19). The Morgan fingerprint density at radius 1 is 1.45 bits per heavy atom. The van der Waals surface area contributed by atoms with Crippen LogP contribution in [-0.2, 0) is 11.3 Å². The van der Waals surface area contributed by atoms with E-state index >= 15 is 0 Å². The van der Waals surface area contributed by atoms with Crippen molar-refractivity contribution in [3.8, 4) is 11.5 Å². The molecule has 1 aliphatic carbocycles. The van der Waals surface area contributed by atoms with Gasteiger partial charge in [-0.2, -0.15) is 0 Å². The summed E-state index contributed by atoms with van der Waals surface area (Å²) >= 11 is 0. The zero-order valence-corrected chi connectivity index (χ0v) is 11.8. The molecule has 1 amide bonds. The van der Waals surface area contributed by atoms with Crippen LogP contribution in [0.5, 0.6) is 11.5 Å². The van der Waals surface area contributed by atoms with Crippen LogP contribution >= 0.6 is 0 Å². The number of hydrogen-bond acceptors (Lipinski definition) is 4. The van der Waals surface area contributed by atoms with Gasteiger partial charge in [0.05, 0.1) is 7.11 Å². The monoisotopic (exact) mass is 278 g/mol.